The Balaban J connectivity index is 1.49. The molecule has 0 radical (unpaired) electrons. The van der Waals surface area contributed by atoms with Crippen LogP contribution in [0.25, 0.3) is 42.9 Å². The molecule has 8 heteroatoms. The van der Waals surface area contributed by atoms with Crippen molar-refractivity contribution in [2.45, 2.75) is 45.9 Å². The second-order valence-electron chi connectivity index (χ2n) is 11.4. The maximum absolute atomic E-state index is 12.6. The fourth-order valence-electron chi connectivity index (χ4n) is 5.27. The molecule has 0 unspecified atom stereocenters. The van der Waals surface area contributed by atoms with Crippen LogP contribution in [0.2, 0.25) is 5.02 Å². The number of aryl methyl sites for hydroxylation is 1. The van der Waals surface area contributed by atoms with Gasteiger partial charge in [0.25, 0.3) is 0 Å². The van der Waals surface area contributed by atoms with Gasteiger partial charge in [0.05, 0.1) is 33.2 Å². The van der Waals surface area contributed by atoms with E-state index >= 15 is 0 Å². The van der Waals surface area contributed by atoms with Crippen molar-refractivity contribution in [2.75, 3.05) is 0 Å². The van der Waals surface area contributed by atoms with E-state index in [0.29, 0.717) is 10.6 Å². The minimum Gasteiger partial charge on any atom is -0.479 e. The molecule has 212 valence electrons. The lowest BCUT2D eigenvalue weighted by Gasteiger charge is -2.28. The molecule has 1 atom stereocenters. The Labute approximate surface area is 253 Å². The second kappa shape index (κ2) is 11.0. The van der Waals surface area contributed by atoms with E-state index in [1.54, 1.807) is 0 Å². The molecular weight excluding hydrogens is 566 g/mol. The molecule has 4 aromatic carbocycles. The van der Waals surface area contributed by atoms with Crippen LogP contribution in [0.5, 0.6) is 0 Å². The monoisotopic (exact) mass is 595 g/mol. The Kier molecular flexibility index (Phi) is 7.35. The zero-order valence-corrected chi connectivity index (χ0v) is 25.3. The van der Waals surface area contributed by atoms with Crippen molar-refractivity contribution in [3.8, 4) is 21.7 Å². The standard InChI is InChI=1S/C34H30ClN3O3S/c1-20-16-26-31(29(22-10-13-24(35)14-11-22)28(20)30(33(39)40)41-34(2,3)4)42-32(37-26)23-12-15-27-25(17-23)36-19-38(27)18-21-8-6-5-7-9-21/h5-17,19,30H,18H2,1-4H3,(H,39,40)/t30-/m0/s1. The van der Waals surface area contributed by atoms with Gasteiger partial charge in [-0.2, -0.15) is 0 Å². The van der Waals surface area contributed by atoms with Crippen LogP contribution in [-0.2, 0) is 16.1 Å². The fourth-order valence-corrected chi connectivity index (χ4v) is 6.51. The van der Waals surface area contributed by atoms with Gasteiger partial charge in [0.1, 0.15) is 5.01 Å². The SMILES string of the molecule is Cc1cc2nc(-c3ccc4c(c3)ncn4Cc3ccccc3)sc2c(-c2ccc(Cl)cc2)c1[C@H](OC(C)(C)C)C(=O)O. The first kappa shape index (κ1) is 28.1. The molecule has 6 nitrogen and oxygen atoms in total. The molecule has 6 rings (SSSR count). The molecule has 0 fully saturated rings. The third-order valence-corrected chi connectivity index (χ3v) is 8.47. The zero-order chi connectivity index (χ0) is 29.6. The Morgan fingerprint density at radius 3 is 2.40 bits per heavy atom. The Morgan fingerprint density at radius 1 is 1.00 bits per heavy atom. The predicted octanol–water partition coefficient (Wildman–Crippen LogP) is 8.93. The minimum absolute atomic E-state index is 0.606. The predicted molar refractivity (Wildman–Crippen MR) is 170 cm³/mol. The molecule has 0 bridgehead atoms. The number of aliphatic carboxylic acids is 1. The van der Waals surface area contributed by atoms with Gasteiger partial charge in [-0.15, -0.1) is 11.3 Å². The van der Waals surface area contributed by atoms with E-state index in [1.165, 1.54) is 16.9 Å². The first-order chi connectivity index (χ1) is 20.1. The molecule has 6 aromatic rings. The van der Waals surface area contributed by atoms with Crippen molar-refractivity contribution in [3.05, 3.63) is 107 Å². The van der Waals surface area contributed by atoms with Crippen LogP contribution in [0.4, 0.5) is 0 Å². The van der Waals surface area contributed by atoms with Crippen LogP contribution in [0.1, 0.15) is 43.6 Å². The molecule has 0 aliphatic carbocycles. The minimum atomic E-state index is -1.16. The molecular formula is C34H30ClN3O3S. The van der Waals surface area contributed by atoms with Gasteiger partial charge in [-0.25, -0.2) is 14.8 Å². The first-order valence-electron chi connectivity index (χ1n) is 13.7. The van der Waals surface area contributed by atoms with Gasteiger partial charge in [-0.3, -0.25) is 0 Å². The summed E-state index contributed by atoms with van der Waals surface area (Å²) in [6.45, 7) is 8.25. The number of fused-ring (bicyclic) bond motifs is 2. The number of ether oxygens (including phenoxy) is 1. The highest BCUT2D eigenvalue weighted by Crippen LogP contribution is 2.44. The molecule has 2 aromatic heterocycles. The van der Waals surface area contributed by atoms with Crippen LogP contribution in [0.3, 0.4) is 0 Å². The largest absolute Gasteiger partial charge is 0.479 e. The molecule has 0 spiro atoms. The number of nitrogens with zero attached hydrogens (tertiary/aromatic N) is 3. The summed E-state index contributed by atoms with van der Waals surface area (Å²) in [5.74, 6) is -1.04. The molecule has 42 heavy (non-hydrogen) atoms. The average molecular weight is 596 g/mol. The number of imidazole rings is 1. The number of hydrogen-bond donors (Lipinski definition) is 1. The van der Waals surface area contributed by atoms with E-state index in [1.807, 2.05) is 82.6 Å². The highest BCUT2D eigenvalue weighted by molar-refractivity contribution is 7.22. The molecule has 0 amide bonds. The lowest BCUT2D eigenvalue weighted by atomic mass is 9.91. The van der Waals surface area contributed by atoms with Crippen molar-refractivity contribution >= 4 is 50.2 Å². The molecule has 0 saturated heterocycles. The summed E-state index contributed by atoms with van der Waals surface area (Å²) >= 11 is 7.77. The second-order valence-corrected chi connectivity index (χ2v) is 12.8. The molecule has 2 heterocycles. The van der Waals surface area contributed by atoms with Gasteiger partial charge in [0.2, 0.25) is 0 Å². The smallest absolute Gasteiger partial charge is 0.337 e. The van der Waals surface area contributed by atoms with Crippen LogP contribution in [0.15, 0.2) is 85.2 Å². The quantitative estimate of drug-likeness (QED) is 0.199. The summed E-state index contributed by atoms with van der Waals surface area (Å²) in [5.41, 5.74) is 7.32. The van der Waals surface area contributed by atoms with E-state index in [4.69, 9.17) is 21.3 Å². The number of carboxylic acids is 1. The topological polar surface area (TPSA) is 77.2 Å². The van der Waals surface area contributed by atoms with Crippen LogP contribution in [-0.4, -0.2) is 31.2 Å². The number of benzene rings is 4. The van der Waals surface area contributed by atoms with Crippen LogP contribution < -0.4 is 0 Å². The fraction of sp³-hybridized carbons (Fsp3) is 0.206. The van der Waals surface area contributed by atoms with Gasteiger partial charge >= 0.3 is 5.97 Å². The number of halogens is 1. The number of carboxylic acid groups (broad SMARTS) is 1. The summed E-state index contributed by atoms with van der Waals surface area (Å²) in [5, 5.41) is 11.8. The highest BCUT2D eigenvalue weighted by atomic mass is 35.5. The van der Waals surface area contributed by atoms with Crippen molar-refractivity contribution in [1.82, 2.24) is 14.5 Å². The molecule has 0 saturated carbocycles. The number of aromatic nitrogens is 3. The average Bonchev–Trinajstić information content (AvgIpc) is 3.55. The highest BCUT2D eigenvalue weighted by Gasteiger charge is 2.32. The Bertz CT molecular complexity index is 1920. The number of rotatable bonds is 7. The van der Waals surface area contributed by atoms with Gasteiger partial charge in [-0.1, -0.05) is 54.1 Å². The van der Waals surface area contributed by atoms with E-state index < -0.39 is 17.7 Å². The maximum atomic E-state index is 12.6. The van der Waals surface area contributed by atoms with Crippen LogP contribution >= 0.6 is 22.9 Å². The van der Waals surface area contributed by atoms with Gasteiger partial charge < -0.3 is 14.4 Å². The van der Waals surface area contributed by atoms with Crippen molar-refractivity contribution < 1.29 is 14.6 Å². The van der Waals surface area contributed by atoms with E-state index in [-0.39, 0.29) is 0 Å². The first-order valence-corrected chi connectivity index (χ1v) is 14.9. The van der Waals surface area contributed by atoms with E-state index in [2.05, 4.69) is 39.9 Å². The number of carbonyl (C=O) groups is 1. The van der Waals surface area contributed by atoms with E-state index in [0.717, 1.165) is 55.1 Å². The number of thiazole rings is 1. The van der Waals surface area contributed by atoms with E-state index in [9.17, 15) is 9.90 Å². The number of hydrogen-bond acceptors (Lipinski definition) is 5. The van der Waals surface area contributed by atoms with Crippen molar-refractivity contribution in [1.29, 1.82) is 0 Å². The lowest BCUT2D eigenvalue weighted by molar-refractivity contribution is -0.160. The molecule has 0 aliphatic heterocycles. The van der Waals surface area contributed by atoms with Gasteiger partial charge in [-0.05, 0) is 80.8 Å². The lowest BCUT2D eigenvalue weighted by Crippen LogP contribution is -2.28. The van der Waals surface area contributed by atoms with Gasteiger partial charge in [0.15, 0.2) is 6.10 Å². The summed E-state index contributed by atoms with van der Waals surface area (Å²) < 4.78 is 9.17. The third kappa shape index (κ3) is 5.55. The normalized spacial score (nSPS) is 12.7. The summed E-state index contributed by atoms with van der Waals surface area (Å²) in [6.07, 6.45) is 0.713. The van der Waals surface area contributed by atoms with Crippen molar-refractivity contribution in [3.63, 3.8) is 0 Å². The molecule has 1 N–H and O–H groups in total. The van der Waals surface area contributed by atoms with Gasteiger partial charge in [0, 0.05) is 28.3 Å². The summed E-state index contributed by atoms with van der Waals surface area (Å²) in [4.78, 5) is 22.3. The zero-order valence-electron chi connectivity index (χ0n) is 23.8. The van der Waals surface area contributed by atoms with Crippen molar-refractivity contribution in [2.24, 2.45) is 0 Å². The van der Waals surface area contributed by atoms with Crippen LogP contribution in [0, 0.1) is 6.92 Å². The molecule has 0 aliphatic rings. The Morgan fingerprint density at radius 2 is 1.71 bits per heavy atom. The third-order valence-electron chi connectivity index (χ3n) is 7.08. The maximum Gasteiger partial charge on any atom is 0.337 e. The summed E-state index contributed by atoms with van der Waals surface area (Å²) in [7, 11) is 0. The summed E-state index contributed by atoms with van der Waals surface area (Å²) in [6, 6.07) is 26.0. The Hall–Kier alpha value is -4.04.